The maximum Gasteiger partial charge on any atom is 0.273 e. The lowest BCUT2D eigenvalue weighted by Crippen LogP contribution is -2.53. The third kappa shape index (κ3) is 4.53. The van der Waals surface area contributed by atoms with Crippen molar-refractivity contribution in [2.75, 3.05) is 14.1 Å². The summed E-state index contributed by atoms with van der Waals surface area (Å²) in [6.07, 6.45) is 2.76. The van der Waals surface area contributed by atoms with Crippen molar-refractivity contribution in [2.24, 2.45) is 0 Å². The topological polar surface area (TPSA) is 122 Å². The molecule has 0 unspecified atom stereocenters. The van der Waals surface area contributed by atoms with Crippen LogP contribution in [0.1, 0.15) is 43.7 Å². The first kappa shape index (κ1) is 19.9. The number of carbonyl (C=O) groups is 3. The molecule has 3 amide bonds. The zero-order valence-corrected chi connectivity index (χ0v) is 17.0. The van der Waals surface area contributed by atoms with E-state index in [1.54, 1.807) is 14.1 Å². The van der Waals surface area contributed by atoms with Gasteiger partial charge in [0.1, 0.15) is 11.4 Å². The smallest absolute Gasteiger partial charge is 0.273 e. The van der Waals surface area contributed by atoms with Gasteiger partial charge in [0, 0.05) is 26.2 Å². The molecular weight excluding hydrogens is 382 g/mol. The molecule has 0 atom stereocenters. The molecule has 150 valence electrons. The summed E-state index contributed by atoms with van der Waals surface area (Å²) in [7, 11) is 3.30. The number of rotatable bonds is 6. The maximum absolute atomic E-state index is 12.3. The summed E-state index contributed by atoms with van der Waals surface area (Å²) in [4.78, 5) is 42.6. The van der Waals surface area contributed by atoms with E-state index in [1.165, 1.54) is 27.1 Å². The monoisotopic (exact) mass is 405 g/mol. The number of aromatic nitrogens is 4. The van der Waals surface area contributed by atoms with Crippen LogP contribution in [-0.4, -0.2) is 68.8 Å². The number of aryl methyl sites for hydroxylation is 2. The highest BCUT2D eigenvalue weighted by atomic mass is 32.1. The predicted molar refractivity (Wildman–Crippen MR) is 102 cm³/mol. The van der Waals surface area contributed by atoms with Gasteiger partial charge in [0.2, 0.25) is 5.91 Å². The van der Waals surface area contributed by atoms with E-state index in [-0.39, 0.29) is 42.0 Å². The largest absolute Gasteiger partial charge is 0.348 e. The van der Waals surface area contributed by atoms with E-state index in [1.807, 2.05) is 13.8 Å². The Morgan fingerprint density at radius 2 is 1.82 bits per heavy atom. The Kier molecular flexibility index (Phi) is 5.73. The molecule has 2 aromatic rings. The van der Waals surface area contributed by atoms with E-state index in [9.17, 15) is 14.4 Å². The second kappa shape index (κ2) is 8.05. The molecule has 1 aliphatic carbocycles. The Hall–Kier alpha value is -2.82. The number of nitrogens with zero attached hydrogens (tertiary/aromatic N) is 5. The van der Waals surface area contributed by atoms with Crippen LogP contribution in [0.5, 0.6) is 0 Å². The summed E-state index contributed by atoms with van der Waals surface area (Å²) in [5.41, 5.74) is 0.898. The summed E-state index contributed by atoms with van der Waals surface area (Å²) >= 11 is 1.38. The molecule has 2 N–H and O–H groups in total. The van der Waals surface area contributed by atoms with Crippen molar-refractivity contribution in [1.29, 1.82) is 0 Å². The molecule has 0 aromatic carbocycles. The van der Waals surface area contributed by atoms with Gasteiger partial charge in [-0.3, -0.25) is 14.4 Å². The minimum Gasteiger partial charge on any atom is -0.348 e. The van der Waals surface area contributed by atoms with Crippen LogP contribution in [0.25, 0.3) is 0 Å². The van der Waals surface area contributed by atoms with Crippen LogP contribution in [0.2, 0.25) is 0 Å². The lowest BCUT2D eigenvalue weighted by atomic mass is 9.86. The quantitative estimate of drug-likeness (QED) is 0.704. The van der Waals surface area contributed by atoms with Crippen molar-refractivity contribution in [2.45, 2.75) is 45.3 Å². The molecule has 1 saturated carbocycles. The SMILES string of the molecule is Cc1nc(C)c(C(=O)NC2CC(NC(=O)c3cn(CC(=O)N(C)C)nn3)C2)s1. The second-order valence-electron chi connectivity index (χ2n) is 7.05. The van der Waals surface area contributed by atoms with Crippen LogP contribution in [0.3, 0.4) is 0 Å². The van der Waals surface area contributed by atoms with Gasteiger partial charge in [-0.25, -0.2) is 9.67 Å². The number of likely N-dealkylation sites (N-methyl/N-ethyl adjacent to an activating group) is 1. The Balaban J connectivity index is 1.45. The van der Waals surface area contributed by atoms with E-state index in [2.05, 4.69) is 25.9 Å². The van der Waals surface area contributed by atoms with E-state index >= 15 is 0 Å². The minimum atomic E-state index is -0.341. The van der Waals surface area contributed by atoms with Crippen molar-refractivity contribution in [3.63, 3.8) is 0 Å². The highest BCUT2D eigenvalue weighted by Gasteiger charge is 2.33. The fourth-order valence-electron chi connectivity index (χ4n) is 2.87. The predicted octanol–water partition coefficient (Wildman–Crippen LogP) is 0.130. The van der Waals surface area contributed by atoms with Gasteiger partial charge < -0.3 is 15.5 Å². The highest BCUT2D eigenvalue weighted by Crippen LogP contribution is 2.23. The van der Waals surface area contributed by atoms with Crippen LogP contribution in [0, 0.1) is 13.8 Å². The number of carbonyl (C=O) groups excluding carboxylic acids is 3. The summed E-state index contributed by atoms with van der Waals surface area (Å²) in [5, 5.41) is 14.3. The van der Waals surface area contributed by atoms with E-state index in [4.69, 9.17) is 0 Å². The molecular formula is C17H23N7O3S. The third-order valence-corrected chi connectivity index (χ3v) is 5.56. The molecule has 0 saturated heterocycles. The van der Waals surface area contributed by atoms with Crippen LogP contribution < -0.4 is 10.6 Å². The first-order valence-electron chi connectivity index (χ1n) is 8.89. The second-order valence-corrected chi connectivity index (χ2v) is 8.25. The molecule has 2 aromatic heterocycles. The van der Waals surface area contributed by atoms with Crippen LogP contribution >= 0.6 is 11.3 Å². The summed E-state index contributed by atoms with van der Waals surface area (Å²) < 4.78 is 1.33. The summed E-state index contributed by atoms with van der Waals surface area (Å²) in [5.74, 6) is -0.598. The molecule has 10 nitrogen and oxygen atoms in total. The molecule has 1 aliphatic rings. The summed E-state index contributed by atoms with van der Waals surface area (Å²) in [6, 6.07) is -0.0105. The van der Waals surface area contributed by atoms with Crippen molar-refractivity contribution in [3.8, 4) is 0 Å². The van der Waals surface area contributed by atoms with E-state index < -0.39 is 0 Å². The molecule has 0 radical (unpaired) electrons. The minimum absolute atomic E-state index is 0.0213. The van der Waals surface area contributed by atoms with Crippen LogP contribution in [0.15, 0.2) is 6.20 Å². The van der Waals surface area contributed by atoms with Crippen molar-refractivity contribution in [1.82, 2.24) is 35.5 Å². The van der Waals surface area contributed by atoms with E-state index in [0.717, 1.165) is 10.7 Å². The Morgan fingerprint density at radius 3 is 2.39 bits per heavy atom. The molecule has 0 spiro atoms. The first-order valence-corrected chi connectivity index (χ1v) is 9.70. The molecule has 11 heteroatoms. The third-order valence-electron chi connectivity index (χ3n) is 4.49. The number of hydrogen-bond acceptors (Lipinski definition) is 7. The Bertz CT molecular complexity index is 898. The van der Waals surface area contributed by atoms with Gasteiger partial charge in [-0.05, 0) is 26.7 Å². The molecule has 0 aliphatic heterocycles. The number of amides is 3. The van der Waals surface area contributed by atoms with Gasteiger partial charge >= 0.3 is 0 Å². The fraction of sp³-hybridized carbons (Fsp3) is 0.529. The molecule has 28 heavy (non-hydrogen) atoms. The average molecular weight is 405 g/mol. The average Bonchev–Trinajstić information content (AvgIpc) is 3.18. The lowest BCUT2D eigenvalue weighted by molar-refractivity contribution is -0.129. The zero-order valence-electron chi connectivity index (χ0n) is 16.2. The molecule has 0 bridgehead atoms. The fourth-order valence-corrected chi connectivity index (χ4v) is 3.69. The lowest BCUT2D eigenvalue weighted by Gasteiger charge is -2.36. The van der Waals surface area contributed by atoms with Gasteiger partial charge in [0.05, 0.1) is 16.9 Å². The van der Waals surface area contributed by atoms with Crippen molar-refractivity contribution >= 4 is 29.1 Å². The highest BCUT2D eigenvalue weighted by molar-refractivity contribution is 7.13. The number of hydrogen-bond donors (Lipinski definition) is 2. The first-order chi connectivity index (χ1) is 13.2. The van der Waals surface area contributed by atoms with Gasteiger partial charge in [-0.2, -0.15) is 0 Å². The Labute approximate surface area is 166 Å². The number of nitrogens with one attached hydrogen (secondary N) is 2. The number of thiazole rings is 1. The van der Waals surface area contributed by atoms with Gasteiger partial charge in [-0.1, -0.05) is 5.21 Å². The van der Waals surface area contributed by atoms with Gasteiger partial charge in [0.15, 0.2) is 5.69 Å². The van der Waals surface area contributed by atoms with Crippen LogP contribution in [-0.2, 0) is 11.3 Å². The van der Waals surface area contributed by atoms with E-state index in [0.29, 0.717) is 17.7 Å². The summed E-state index contributed by atoms with van der Waals surface area (Å²) in [6.45, 7) is 3.72. The zero-order chi connectivity index (χ0) is 20.4. The standard InChI is InChI=1S/C17H23N7O3S/c1-9-15(28-10(2)18-9)17(27)20-12-5-11(6-12)19-16(26)13-7-24(22-21-13)8-14(25)23(3)4/h7,11-12H,5-6,8H2,1-4H3,(H,19,26)(H,20,27). The maximum atomic E-state index is 12.3. The Morgan fingerprint density at radius 1 is 1.18 bits per heavy atom. The van der Waals surface area contributed by atoms with Crippen LogP contribution in [0.4, 0.5) is 0 Å². The normalized spacial score (nSPS) is 18.3. The molecule has 1 fully saturated rings. The van der Waals surface area contributed by atoms with Gasteiger partial charge in [0.25, 0.3) is 11.8 Å². The van der Waals surface area contributed by atoms with Gasteiger partial charge in [-0.15, -0.1) is 16.4 Å². The van der Waals surface area contributed by atoms with Crippen molar-refractivity contribution in [3.05, 3.63) is 27.5 Å². The molecule has 3 rings (SSSR count). The van der Waals surface area contributed by atoms with Crippen molar-refractivity contribution < 1.29 is 14.4 Å². The molecule has 2 heterocycles.